The fraction of sp³-hybridized carbons (Fsp3) is 0.538. The molecule has 8 atom stereocenters. The average molecular weight is 373 g/mol. The molecule has 28 heavy (non-hydrogen) atoms. The minimum atomic E-state index is 0.387. The van der Waals surface area contributed by atoms with E-state index in [4.69, 9.17) is 9.47 Å². The normalized spacial score (nSPS) is 50.4. The van der Waals surface area contributed by atoms with Gasteiger partial charge < -0.3 is 9.47 Å². The van der Waals surface area contributed by atoms with Gasteiger partial charge in [0.1, 0.15) is 11.5 Å². The minimum Gasteiger partial charge on any atom is -0.497 e. The van der Waals surface area contributed by atoms with E-state index in [1.807, 2.05) is 0 Å². The standard InChI is InChI=1S/C26H28O2/c1-23-19-13-14-25(15-5-9-17(27-3)10-6-15)21-20(19)24(23,2)26(21,22(23)25)16-7-11-18(28-4)12-8-16/h5-12,19-22H,13-14H2,1-4H3. The molecule has 0 amide bonds. The second-order valence-electron chi connectivity index (χ2n) is 10.4. The molecule has 2 nitrogen and oxygen atoms in total. The third-order valence-corrected chi connectivity index (χ3v) is 10.9. The molecule has 2 aromatic rings. The first-order valence-corrected chi connectivity index (χ1v) is 10.8. The molecule has 6 fully saturated rings. The van der Waals surface area contributed by atoms with Crippen LogP contribution in [0.15, 0.2) is 48.5 Å². The van der Waals surface area contributed by atoms with Gasteiger partial charge in [0.2, 0.25) is 0 Å². The Bertz CT molecular complexity index is 954. The third kappa shape index (κ3) is 1.09. The number of hydrogen-bond donors (Lipinski definition) is 0. The smallest absolute Gasteiger partial charge is 0.118 e. The lowest BCUT2D eigenvalue weighted by Gasteiger charge is -3.09. The van der Waals surface area contributed by atoms with Crippen LogP contribution in [0.25, 0.3) is 0 Å². The van der Waals surface area contributed by atoms with E-state index >= 15 is 0 Å². The summed E-state index contributed by atoms with van der Waals surface area (Å²) in [6.07, 6.45) is 2.80. The lowest BCUT2D eigenvalue weighted by Crippen LogP contribution is -3.09. The molecule has 6 aliphatic carbocycles. The van der Waals surface area contributed by atoms with E-state index in [1.54, 1.807) is 25.3 Å². The molecule has 2 bridgehead atoms. The molecule has 0 aromatic heterocycles. The van der Waals surface area contributed by atoms with Gasteiger partial charge >= 0.3 is 0 Å². The Morgan fingerprint density at radius 1 is 0.821 bits per heavy atom. The highest BCUT2D eigenvalue weighted by Gasteiger charge is 3.07. The van der Waals surface area contributed by atoms with Gasteiger partial charge in [0.15, 0.2) is 0 Å². The number of benzene rings is 2. The van der Waals surface area contributed by atoms with Crippen LogP contribution < -0.4 is 9.47 Å². The molecule has 6 aliphatic rings. The SMILES string of the molecule is COc1ccc(C23CCC4C5C2C2(c6ccc(OC)cc6)C3C4(C)C52C)cc1. The van der Waals surface area contributed by atoms with Gasteiger partial charge in [-0.15, -0.1) is 0 Å². The van der Waals surface area contributed by atoms with Gasteiger partial charge in [0.25, 0.3) is 0 Å². The van der Waals surface area contributed by atoms with Gasteiger partial charge in [0.05, 0.1) is 14.2 Å². The molecule has 8 unspecified atom stereocenters. The number of hydrogen-bond acceptors (Lipinski definition) is 2. The molecule has 0 heterocycles. The van der Waals surface area contributed by atoms with E-state index in [1.165, 1.54) is 12.8 Å². The molecule has 2 aromatic carbocycles. The fourth-order valence-corrected chi connectivity index (χ4v) is 10.4. The third-order valence-electron chi connectivity index (χ3n) is 10.9. The first-order valence-electron chi connectivity index (χ1n) is 10.8. The molecule has 0 radical (unpaired) electrons. The number of rotatable bonds is 4. The van der Waals surface area contributed by atoms with Gasteiger partial charge in [-0.3, -0.25) is 0 Å². The van der Waals surface area contributed by atoms with Crippen molar-refractivity contribution in [1.29, 1.82) is 0 Å². The Hall–Kier alpha value is -1.96. The fourth-order valence-electron chi connectivity index (χ4n) is 10.4. The molecule has 0 spiro atoms. The largest absolute Gasteiger partial charge is 0.497 e. The molecule has 8 rings (SSSR count). The van der Waals surface area contributed by atoms with Crippen LogP contribution in [0.1, 0.15) is 37.8 Å². The van der Waals surface area contributed by atoms with Crippen molar-refractivity contribution >= 4 is 0 Å². The van der Waals surface area contributed by atoms with Crippen LogP contribution in [0, 0.1) is 34.5 Å². The summed E-state index contributed by atoms with van der Waals surface area (Å²) in [5.74, 6) is 5.42. The van der Waals surface area contributed by atoms with Crippen molar-refractivity contribution in [3.8, 4) is 11.5 Å². The number of methoxy groups -OCH3 is 2. The first-order chi connectivity index (χ1) is 13.5. The Labute approximate surface area is 167 Å². The summed E-state index contributed by atoms with van der Waals surface area (Å²) < 4.78 is 10.9. The topological polar surface area (TPSA) is 18.5 Å². The van der Waals surface area contributed by atoms with E-state index in [2.05, 4.69) is 62.4 Å². The molecule has 0 saturated heterocycles. The molecule has 0 aliphatic heterocycles. The zero-order chi connectivity index (χ0) is 19.1. The zero-order valence-electron chi connectivity index (χ0n) is 17.2. The maximum Gasteiger partial charge on any atom is 0.118 e. The Morgan fingerprint density at radius 3 is 1.93 bits per heavy atom. The highest BCUT2D eigenvalue weighted by Crippen LogP contribution is 3.08. The van der Waals surface area contributed by atoms with Crippen LogP contribution in [0.5, 0.6) is 11.5 Å². The van der Waals surface area contributed by atoms with E-state index in [-0.39, 0.29) is 0 Å². The van der Waals surface area contributed by atoms with Gasteiger partial charge in [-0.1, -0.05) is 38.1 Å². The monoisotopic (exact) mass is 372 g/mol. The summed E-state index contributed by atoms with van der Waals surface area (Å²) in [7, 11) is 3.52. The van der Waals surface area contributed by atoms with E-state index in [9.17, 15) is 0 Å². The van der Waals surface area contributed by atoms with Crippen molar-refractivity contribution < 1.29 is 9.47 Å². The van der Waals surface area contributed by atoms with Crippen LogP contribution in [0.4, 0.5) is 0 Å². The van der Waals surface area contributed by atoms with Gasteiger partial charge in [-0.05, 0) is 82.7 Å². The van der Waals surface area contributed by atoms with Crippen LogP contribution in [-0.4, -0.2) is 14.2 Å². The molecule has 6 saturated carbocycles. The van der Waals surface area contributed by atoms with E-state index in [0.29, 0.717) is 21.7 Å². The van der Waals surface area contributed by atoms with E-state index in [0.717, 1.165) is 35.2 Å². The van der Waals surface area contributed by atoms with Crippen LogP contribution in [-0.2, 0) is 10.8 Å². The van der Waals surface area contributed by atoms with Crippen LogP contribution >= 0.6 is 0 Å². The summed E-state index contributed by atoms with van der Waals surface area (Å²) in [5.41, 5.74) is 4.95. The summed E-state index contributed by atoms with van der Waals surface area (Å²) in [4.78, 5) is 0. The quantitative estimate of drug-likeness (QED) is 0.734. The average Bonchev–Trinajstić information content (AvgIpc) is 2.73. The highest BCUT2D eigenvalue weighted by molar-refractivity contribution is 5.66. The second-order valence-corrected chi connectivity index (χ2v) is 10.4. The summed E-state index contributed by atoms with van der Waals surface area (Å²) in [6, 6.07) is 18.2. The number of ether oxygens (including phenoxy) is 2. The number of fused-ring (bicyclic) bond motifs is 1. The van der Waals surface area contributed by atoms with Crippen molar-refractivity contribution in [3.63, 3.8) is 0 Å². The maximum absolute atomic E-state index is 5.44. The molecule has 2 heteroatoms. The molecule has 0 N–H and O–H groups in total. The van der Waals surface area contributed by atoms with Crippen molar-refractivity contribution in [1.82, 2.24) is 0 Å². The second kappa shape index (κ2) is 4.30. The van der Waals surface area contributed by atoms with Crippen LogP contribution in [0.3, 0.4) is 0 Å². The highest BCUT2D eigenvalue weighted by atomic mass is 16.5. The predicted octanol–water partition coefficient (Wildman–Crippen LogP) is 5.21. The molecule has 144 valence electrons. The summed E-state index contributed by atoms with van der Waals surface area (Å²) in [5, 5.41) is 0. The van der Waals surface area contributed by atoms with Crippen molar-refractivity contribution in [3.05, 3.63) is 59.7 Å². The first kappa shape index (κ1) is 15.9. The van der Waals surface area contributed by atoms with Crippen molar-refractivity contribution in [2.45, 2.75) is 37.5 Å². The lowest BCUT2D eigenvalue weighted by atomic mass is 8.93. The molecular weight excluding hydrogens is 344 g/mol. The van der Waals surface area contributed by atoms with Gasteiger partial charge in [-0.25, -0.2) is 0 Å². The molecular formula is C26H28O2. The minimum absolute atomic E-state index is 0.387. The Balaban J connectivity index is 1.39. The Kier molecular flexibility index (Phi) is 2.44. The van der Waals surface area contributed by atoms with Gasteiger partial charge in [0, 0.05) is 10.8 Å². The van der Waals surface area contributed by atoms with Crippen LogP contribution in [0.2, 0.25) is 0 Å². The zero-order valence-corrected chi connectivity index (χ0v) is 17.2. The lowest BCUT2D eigenvalue weighted by molar-refractivity contribution is -0.581. The maximum atomic E-state index is 5.44. The van der Waals surface area contributed by atoms with Gasteiger partial charge in [-0.2, -0.15) is 0 Å². The Morgan fingerprint density at radius 2 is 1.39 bits per heavy atom. The summed E-state index contributed by atoms with van der Waals surface area (Å²) >= 11 is 0. The van der Waals surface area contributed by atoms with E-state index < -0.39 is 0 Å². The summed E-state index contributed by atoms with van der Waals surface area (Å²) in [6.45, 7) is 5.25. The van der Waals surface area contributed by atoms with Crippen molar-refractivity contribution in [2.24, 2.45) is 34.5 Å². The predicted molar refractivity (Wildman–Crippen MR) is 109 cm³/mol. The van der Waals surface area contributed by atoms with Crippen molar-refractivity contribution in [2.75, 3.05) is 14.2 Å².